The number of hydrogen-bond acceptors (Lipinski definition) is 8. The Kier molecular flexibility index (Phi) is 7.44. The Balaban J connectivity index is 1.33. The van der Waals surface area contributed by atoms with Crippen LogP contribution in [0.5, 0.6) is 23.0 Å². The molecular weight excluding hydrogens is 498 g/mol. The fourth-order valence-corrected chi connectivity index (χ4v) is 5.36. The Hall–Kier alpha value is -4.47. The first-order chi connectivity index (χ1) is 19.0. The number of anilines is 1. The minimum Gasteiger partial charge on any atom is -0.497 e. The molecule has 2 aromatic heterocycles. The highest BCUT2D eigenvalue weighted by Crippen LogP contribution is 2.40. The predicted molar refractivity (Wildman–Crippen MR) is 149 cm³/mol. The number of nitrogen functional groups attached to an aromatic ring is 1. The lowest BCUT2D eigenvalue weighted by Gasteiger charge is -2.30. The van der Waals surface area contributed by atoms with Crippen LogP contribution in [0.25, 0.3) is 22.2 Å². The normalized spacial score (nSPS) is 17.0. The average Bonchev–Trinajstić information content (AvgIpc) is 3.37. The molecule has 0 bridgehead atoms. The largest absolute Gasteiger partial charge is 0.497 e. The summed E-state index contributed by atoms with van der Waals surface area (Å²) in [6.07, 6.45) is 7.07. The minimum atomic E-state index is -0.175. The van der Waals surface area contributed by atoms with Gasteiger partial charge < -0.3 is 34.6 Å². The second kappa shape index (κ2) is 11.1. The maximum absolute atomic E-state index is 13.1. The van der Waals surface area contributed by atoms with E-state index in [2.05, 4.69) is 26.0 Å². The van der Waals surface area contributed by atoms with E-state index in [1.54, 1.807) is 19.2 Å². The molecule has 0 aliphatic heterocycles. The van der Waals surface area contributed by atoms with E-state index in [9.17, 15) is 4.79 Å². The van der Waals surface area contributed by atoms with Gasteiger partial charge in [0.2, 0.25) is 5.75 Å². The van der Waals surface area contributed by atoms with Crippen molar-refractivity contribution in [3.8, 4) is 34.1 Å². The Morgan fingerprint density at radius 2 is 1.59 bits per heavy atom. The van der Waals surface area contributed by atoms with Crippen molar-refractivity contribution in [2.75, 3.05) is 34.2 Å². The second-order valence-electron chi connectivity index (χ2n) is 9.53. The molecule has 1 fully saturated rings. The van der Waals surface area contributed by atoms with Gasteiger partial charge in [0, 0.05) is 29.4 Å². The molecule has 2 heterocycles. The molecule has 0 spiro atoms. The number of carbonyl (C=O) groups is 1. The Labute approximate surface area is 227 Å². The fourth-order valence-electron chi connectivity index (χ4n) is 5.36. The predicted octanol–water partition coefficient (Wildman–Crippen LogP) is 4.63. The highest BCUT2D eigenvalue weighted by Gasteiger charge is 2.27. The van der Waals surface area contributed by atoms with Gasteiger partial charge in [-0.15, -0.1) is 0 Å². The summed E-state index contributed by atoms with van der Waals surface area (Å²) < 4.78 is 23.7. The molecule has 5 rings (SSSR count). The number of ether oxygens (including phenoxy) is 4. The van der Waals surface area contributed by atoms with E-state index in [-0.39, 0.29) is 18.0 Å². The number of methoxy groups -OCH3 is 4. The van der Waals surface area contributed by atoms with Crippen LogP contribution < -0.4 is 30.0 Å². The summed E-state index contributed by atoms with van der Waals surface area (Å²) in [5, 5.41) is 4.03. The number of fused-ring (bicyclic) bond motifs is 1. The van der Waals surface area contributed by atoms with Gasteiger partial charge in [0.15, 0.2) is 11.5 Å². The lowest BCUT2D eigenvalue weighted by Crippen LogP contribution is -2.38. The molecule has 10 nitrogen and oxygen atoms in total. The van der Waals surface area contributed by atoms with E-state index < -0.39 is 0 Å². The molecule has 0 radical (unpaired) electrons. The van der Waals surface area contributed by atoms with Crippen molar-refractivity contribution in [2.45, 2.75) is 37.8 Å². The maximum atomic E-state index is 13.1. The van der Waals surface area contributed by atoms with Gasteiger partial charge >= 0.3 is 0 Å². The Morgan fingerprint density at radius 3 is 2.18 bits per heavy atom. The van der Waals surface area contributed by atoms with Gasteiger partial charge in [-0.2, -0.15) is 0 Å². The summed E-state index contributed by atoms with van der Waals surface area (Å²) in [5.41, 5.74) is 9.61. The van der Waals surface area contributed by atoms with Crippen molar-refractivity contribution in [3.63, 3.8) is 0 Å². The number of benzene rings is 2. The van der Waals surface area contributed by atoms with Gasteiger partial charge in [-0.1, -0.05) is 12.1 Å². The number of rotatable bonds is 8. The number of aromatic nitrogens is 3. The van der Waals surface area contributed by atoms with E-state index in [4.69, 9.17) is 24.7 Å². The number of nitrogens with zero attached hydrogens (tertiary/aromatic N) is 3. The zero-order chi connectivity index (χ0) is 27.5. The smallest absolute Gasteiger partial charge is 0.251 e. The number of amides is 1. The first-order valence-electron chi connectivity index (χ1n) is 12.8. The van der Waals surface area contributed by atoms with Crippen molar-refractivity contribution in [1.82, 2.24) is 19.9 Å². The quantitative estimate of drug-likeness (QED) is 0.337. The number of nitrogens with one attached hydrogen (secondary N) is 1. The molecule has 0 unspecified atom stereocenters. The van der Waals surface area contributed by atoms with Gasteiger partial charge in [-0.25, -0.2) is 9.97 Å². The van der Waals surface area contributed by atoms with Crippen molar-refractivity contribution >= 4 is 22.8 Å². The van der Waals surface area contributed by atoms with Crippen LogP contribution in [0, 0.1) is 0 Å². The molecule has 3 N–H and O–H groups in total. The number of hydrogen-bond donors (Lipinski definition) is 2. The molecule has 1 amide bonds. The third-order valence-electron chi connectivity index (χ3n) is 7.39. The molecule has 10 heteroatoms. The van der Waals surface area contributed by atoms with Gasteiger partial charge in [-0.05, 0) is 55.5 Å². The monoisotopic (exact) mass is 531 g/mol. The molecule has 39 heavy (non-hydrogen) atoms. The molecule has 4 aromatic rings. The van der Waals surface area contributed by atoms with Crippen LogP contribution in [-0.2, 0) is 0 Å². The van der Waals surface area contributed by atoms with Crippen LogP contribution in [0.2, 0.25) is 0 Å². The molecule has 2 aromatic carbocycles. The summed E-state index contributed by atoms with van der Waals surface area (Å²) in [6.45, 7) is 0. The van der Waals surface area contributed by atoms with Gasteiger partial charge in [-0.3, -0.25) is 4.79 Å². The molecule has 204 valence electrons. The molecular formula is C29H33N5O5. The van der Waals surface area contributed by atoms with Crippen LogP contribution in [-0.4, -0.2) is 54.9 Å². The topological polar surface area (TPSA) is 123 Å². The summed E-state index contributed by atoms with van der Waals surface area (Å²) in [5.74, 6) is 2.41. The van der Waals surface area contributed by atoms with Gasteiger partial charge in [0.1, 0.15) is 23.5 Å². The average molecular weight is 532 g/mol. The van der Waals surface area contributed by atoms with Crippen LogP contribution in [0.15, 0.2) is 48.9 Å². The minimum absolute atomic E-state index is 0.0513. The van der Waals surface area contributed by atoms with E-state index in [1.165, 1.54) is 27.7 Å². The summed E-state index contributed by atoms with van der Waals surface area (Å²) in [7, 11) is 6.25. The molecule has 0 saturated heterocycles. The van der Waals surface area contributed by atoms with E-state index in [0.29, 0.717) is 28.6 Å². The van der Waals surface area contributed by atoms with Crippen molar-refractivity contribution in [2.24, 2.45) is 0 Å². The maximum Gasteiger partial charge on any atom is 0.251 e. The molecule has 1 aliphatic rings. The lowest BCUT2D eigenvalue weighted by molar-refractivity contribution is 0.0922. The van der Waals surface area contributed by atoms with Crippen molar-refractivity contribution in [1.29, 1.82) is 0 Å². The van der Waals surface area contributed by atoms with E-state index >= 15 is 0 Å². The molecule has 1 aliphatic carbocycles. The van der Waals surface area contributed by atoms with Gasteiger partial charge in [0.05, 0.1) is 33.8 Å². The number of nitrogens with two attached hydrogens (primary N) is 1. The summed E-state index contributed by atoms with van der Waals surface area (Å²) in [6, 6.07) is 11.5. The van der Waals surface area contributed by atoms with E-state index in [0.717, 1.165) is 53.6 Å². The van der Waals surface area contributed by atoms with Crippen LogP contribution in [0.4, 0.5) is 5.82 Å². The molecule has 1 saturated carbocycles. The lowest BCUT2D eigenvalue weighted by atomic mass is 9.90. The summed E-state index contributed by atoms with van der Waals surface area (Å²) in [4.78, 5) is 22.0. The third-order valence-corrected chi connectivity index (χ3v) is 7.39. The fraction of sp³-hybridized carbons (Fsp3) is 0.345. The third kappa shape index (κ3) is 5.01. The van der Waals surface area contributed by atoms with Crippen molar-refractivity contribution in [3.05, 3.63) is 54.5 Å². The standard InChI is InChI=1S/C29H33N5O5/c1-36-21-11-5-17(6-12-21)22-15-34(28-25(22)27(30)31-16-32-28)20-9-7-19(8-10-20)33-29(35)18-13-23(37-2)26(39-4)24(14-18)38-3/h5-6,11-16,19-20H,7-10H2,1-4H3,(H,33,35)(H2,30,31,32). The summed E-state index contributed by atoms with van der Waals surface area (Å²) >= 11 is 0. The van der Waals surface area contributed by atoms with Crippen LogP contribution in [0.1, 0.15) is 42.1 Å². The first-order valence-corrected chi connectivity index (χ1v) is 12.8. The Morgan fingerprint density at radius 1 is 0.923 bits per heavy atom. The van der Waals surface area contributed by atoms with Crippen LogP contribution >= 0.6 is 0 Å². The van der Waals surface area contributed by atoms with Crippen LogP contribution in [0.3, 0.4) is 0 Å². The van der Waals surface area contributed by atoms with E-state index in [1.807, 2.05) is 24.3 Å². The SMILES string of the molecule is COc1ccc(-c2cn(C3CCC(NC(=O)c4cc(OC)c(OC)c(OC)c4)CC3)c3ncnc(N)c23)cc1. The first kappa shape index (κ1) is 26.1. The van der Waals surface area contributed by atoms with Crippen molar-refractivity contribution < 1.29 is 23.7 Å². The highest BCUT2D eigenvalue weighted by molar-refractivity contribution is 6.00. The second-order valence-corrected chi connectivity index (χ2v) is 9.53. The highest BCUT2D eigenvalue weighted by atomic mass is 16.5. The van der Waals surface area contributed by atoms with Gasteiger partial charge in [0.25, 0.3) is 5.91 Å². The zero-order valence-corrected chi connectivity index (χ0v) is 22.6. The number of carbonyl (C=O) groups excluding carboxylic acids is 1. The molecule has 0 atom stereocenters. The Bertz CT molecular complexity index is 1450. The zero-order valence-electron chi connectivity index (χ0n) is 22.6.